The van der Waals surface area contributed by atoms with Crippen molar-refractivity contribution in [1.29, 1.82) is 0 Å². The molecule has 2 atom stereocenters. The van der Waals surface area contributed by atoms with Gasteiger partial charge in [0.15, 0.2) is 0 Å². The Morgan fingerprint density at radius 2 is 2.21 bits per heavy atom. The highest BCUT2D eigenvalue weighted by Crippen LogP contribution is 2.24. The van der Waals surface area contributed by atoms with Gasteiger partial charge in [-0.3, -0.25) is 9.69 Å². The summed E-state index contributed by atoms with van der Waals surface area (Å²) in [7, 11) is 1.35. The van der Waals surface area contributed by atoms with Crippen molar-refractivity contribution < 1.29 is 19.7 Å². The predicted octanol–water partition coefficient (Wildman–Crippen LogP) is 0.890. The number of nitrogens with zero attached hydrogens (tertiary/aromatic N) is 1. The number of aromatic hydroxyl groups is 1. The second kappa shape index (κ2) is 6.04. The number of benzene rings is 1. The van der Waals surface area contributed by atoms with E-state index in [1.54, 1.807) is 12.1 Å². The van der Waals surface area contributed by atoms with Crippen LogP contribution in [0.3, 0.4) is 0 Å². The largest absolute Gasteiger partial charge is 0.508 e. The monoisotopic (exact) mass is 265 g/mol. The third-order valence-electron chi connectivity index (χ3n) is 3.52. The van der Waals surface area contributed by atoms with Crippen LogP contribution in [-0.2, 0) is 16.1 Å². The molecule has 1 aromatic rings. The van der Waals surface area contributed by atoms with E-state index in [9.17, 15) is 15.0 Å². The standard InChI is InChI=1S/C14H19NO4/c1-19-14(18)12-8-11(16)6-7-15(12)9-10-4-2-3-5-13(10)17/h2-5,11-12,16-17H,6-9H2,1H3/t11-,12+/m0/s1. The summed E-state index contributed by atoms with van der Waals surface area (Å²) in [6.45, 7) is 1.08. The molecule has 1 aromatic carbocycles. The van der Waals surface area contributed by atoms with Gasteiger partial charge in [0.1, 0.15) is 11.8 Å². The third-order valence-corrected chi connectivity index (χ3v) is 3.52. The summed E-state index contributed by atoms with van der Waals surface area (Å²) in [5, 5.41) is 19.5. The highest BCUT2D eigenvalue weighted by Gasteiger charge is 2.33. The van der Waals surface area contributed by atoms with E-state index >= 15 is 0 Å². The lowest BCUT2D eigenvalue weighted by Gasteiger charge is -2.36. The van der Waals surface area contributed by atoms with Gasteiger partial charge in [-0.25, -0.2) is 0 Å². The Bertz CT molecular complexity index is 449. The summed E-state index contributed by atoms with van der Waals surface area (Å²) < 4.78 is 4.78. The van der Waals surface area contributed by atoms with Crippen LogP contribution in [0.15, 0.2) is 24.3 Å². The second-order valence-corrected chi connectivity index (χ2v) is 4.82. The summed E-state index contributed by atoms with van der Waals surface area (Å²) in [5.41, 5.74) is 0.771. The summed E-state index contributed by atoms with van der Waals surface area (Å²) in [6, 6.07) is 6.61. The van der Waals surface area contributed by atoms with Gasteiger partial charge in [0.25, 0.3) is 0 Å². The number of esters is 1. The number of rotatable bonds is 3. The zero-order chi connectivity index (χ0) is 13.8. The molecule has 0 radical (unpaired) electrons. The smallest absolute Gasteiger partial charge is 0.323 e. The summed E-state index contributed by atoms with van der Waals surface area (Å²) in [6.07, 6.45) is 0.533. The number of phenolic OH excluding ortho intramolecular Hbond substituents is 1. The van der Waals surface area contributed by atoms with E-state index in [1.807, 2.05) is 17.0 Å². The number of aliphatic hydroxyl groups is 1. The number of ether oxygens (including phenoxy) is 1. The van der Waals surface area contributed by atoms with Gasteiger partial charge in [-0.1, -0.05) is 18.2 Å². The van der Waals surface area contributed by atoms with Crippen molar-refractivity contribution in [3.63, 3.8) is 0 Å². The maximum Gasteiger partial charge on any atom is 0.323 e. The van der Waals surface area contributed by atoms with Crippen molar-refractivity contribution >= 4 is 5.97 Å². The minimum atomic E-state index is -0.468. The number of hydrogen-bond acceptors (Lipinski definition) is 5. The van der Waals surface area contributed by atoms with Crippen molar-refractivity contribution in [3.05, 3.63) is 29.8 Å². The van der Waals surface area contributed by atoms with Gasteiger partial charge in [0.05, 0.1) is 13.2 Å². The number of para-hydroxylation sites is 1. The minimum Gasteiger partial charge on any atom is -0.508 e. The molecule has 0 bridgehead atoms. The Morgan fingerprint density at radius 3 is 2.89 bits per heavy atom. The molecule has 0 amide bonds. The fourth-order valence-corrected chi connectivity index (χ4v) is 2.43. The van der Waals surface area contributed by atoms with Gasteiger partial charge in [-0.05, 0) is 18.9 Å². The molecule has 2 N–H and O–H groups in total. The highest BCUT2D eigenvalue weighted by atomic mass is 16.5. The zero-order valence-electron chi connectivity index (χ0n) is 11.0. The first kappa shape index (κ1) is 13.8. The van der Waals surface area contributed by atoms with Crippen molar-refractivity contribution in [2.24, 2.45) is 0 Å². The maximum atomic E-state index is 11.8. The number of likely N-dealkylation sites (tertiary alicyclic amines) is 1. The van der Waals surface area contributed by atoms with Crippen LogP contribution in [0.1, 0.15) is 18.4 Å². The van der Waals surface area contributed by atoms with E-state index in [4.69, 9.17) is 4.74 Å². The van der Waals surface area contributed by atoms with Gasteiger partial charge in [0, 0.05) is 18.7 Å². The van der Waals surface area contributed by atoms with Crippen LogP contribution in [-0.4, -0.2) is 46.9 Å². The van der Waals surface area contributed by atoms with Crippen molar-refractivity contribution in [2.45, 2.75) is 31.5 Å². The predicted molar refractivity (Wildman–Crippen MR) is 69.6 cm³/mol. The summed E-state index contributed by atoms with van der Waals surface area (Å²) >= 11 is 0. The van der Waals surface area contributed by atoms with Crippen molar-refractivity contribution in [3.8, 4) is 5.75 Å². The molecule has 19 heavy (non-hydrogen) atoms. The lowest BCUT2D eigenvalue weighted by Crippen LogP contribution is -2.48. The molecule has 0 unspecified atom stereocenters. The molecular weight excluding hydrogens is 246 g/mol. The second-order valence-electron chi connectivity index (χ2n) is 4.82. The topological polar surface area (TPSA) is 70.0 Å². The van der Waals surface area contributed by atoms with Crippen molar-refractivity contribution in [2.75, 3.05) is 13.7 Å². The van der Waals surface area contributed by atoms with Gasteiger partial charge in [-0.2, -0.15) is 0 Å². The molecule has 0 aliphatic carbocycles. The molecule has 1 saturated heterocycles. The van der Waals surface area contributed by atoms with Crippen LogP contribution in [0.2, 0.25) is 0 Å². The molecule has 0 saturated carbocycles. The SMILES string of the molecule is COC(=O)[C@H]1C[C@@H](O)CCN1Cc1ccccc1O. The van der Waals surface area contributed by atoms with Gasteiger partial charge >= 0.3 is 5.97 Å². The lowest BCUT2D eigenvalue weighted by atomic mass is 9.98. The van der Waals surface area contributed by atoms with Gasteiger partial charge in [0.2, 0.25) is 0 Å². The molecular formula is C14H19NO4. The Morgan fingerprint density at radius 1 is 1.47 bits per heavy atom. The first-order chi connectivity index (χ1) is 9.11. The molecule has 1 fully saturated rings. The highest BCUT2D eigenvalue weighted by molar-refractivity contribution is 5.75. The van der Waals surface area contributed by atoms with Crippen LogP contribution in [0.5, 0.6) is 5.75 Å². The van der Waals surface area contributed by atoms with Crippen LogP contribution in [0.25, 0.3) is 0 Å². The fourth-order valence-electron chi connectivity index (χ4n) is 2.43. The molecule has 1 aliphatic rings. The molecule has 0 aromatic heterocycles. The number of aliphatic hydroxyl groups excluding tert-OH is 1. The minimum absolute atomic E-state index is 0.220. The van der Waals surface area contributed by atoms with Crippen LogP contribution in [0.4, 0.5) is 0 Å². The molecule has 1 aliphatic heterocycles. The van der Waals surface area contributed by atoms with E-state index in [0.717, 1.165) is 5.56 Å². The average molecular weight is 265 g/mol. The van der Waals surface area contributed by atoms with Crippen LogP contribution in [0, 0.1) is 0 Å². The maximum absolute atomic E-state index is 11.8. The number of methoxy groups -OCH3 is 1. The third kappa shape index (κ3) is 3.24. The normalized spacial score (nSPS) is 24.1. The Labute approximate surface area is 112 Å². The van der Waals surface area contributed by atoms with Crippen LogP contribution >= 0.6 is 0 Å². The lowest BCUT2D eigenvalue weighted by molar-refractivity contribution is -0.150. The van der Waals surface area contributed by atoms with Crippen LogP contribution < -0.4 is 0 Å². The molecule has 0 spiro atoms. The number of piperidine rings is 1. The Balaban J connectivity index is 2.13. The van der Waals surface area contributed by atoms with E-state index in [-0.39, 0.29) is 11.7 Å². The van der Waals surface area contributed by atoms with E-state index in [0.29, 0.717) is 25.9 Å². The van der Waals surface area contributed by atoms with E-state index in [2.05, 4.69) is 0 Å². The quantitative estimate of drug-likeness (QED) is 0.794. The number of phenols is 1. The number of carbonyl (C=O) groups is 1. The van der Waals surface area contributed by atoms with Gasteiger partial charge in [-0.15, -0.1) is 0 Å². The number of hydrogen-bond donors (Lipinski definition) is 2. The molecule has 2 rings (SSSR count). The first-order valence-corrected chi connectivity index (χ1v) is 6.38. The molecule has 5 nitrogen and oxygen atoms in total. The fraction of sp³-hybridized carbons (Fsp3) is 0.500. The Hall–Kier alpha value is -1.59. The van der Waals surface area contributed by atoms with E-state index < -0.39 is 12.1 Å². The average Bonchev–Trinajstić information content (AvgIpc) is 2.42. The zero-order valence-corrected chi connectivity index (χ0v) is 11.0. The van der Waals surface area contributed by atoms with Gasteiger partial charge < -0.3 is 14.9 Å². The molecule has 104 valence electrons. The molecule has 5 heteroatoms. The number of carbonyl (C=O) groups excluding carboxylic acids is 1. The first-order valence-electron chi connectivity index (χ1n) is 6.38. The summed E-state index contributed by atoms with van der Waals surface area (Å²) in [5.74, 6) is -0.119. The Kier molecular flexibility index (Phi) is 4.39. The van der Waals surface area contributed by atoms with E-state index in [1.165, 1.54) is 7.11 Å². The summed E-state index contributed by atoms with van der Waals surface area (Å²) in [4.78, 5) is 13.7. The van der Waals surface area contributed by atoms with Crippen molar-refractivity contribution in [1.82, 2.24) is 4.90 Å². The molecule has 1 heterocycles.